The van der Waals surface area contributed by atoms with Crippen LogP contribution in [0.3, 0.4) is 0 Å². The largest absolute Gasteiger partial charge is 0.457 e. The Balaban J connectivity index is 1.86. The van der Waals surface area contributed by atoms with Gasteiger partial charge in [0, 0.05) is 17.4 Å². The van der Waals surface area contributed by atoms with Crippen LogP contribution >= 0.6 is 0 Å². The summed E-state index contributed by atoms with van der Waals surface area (Å²) >= 11 is 0. The van der Waals surface area contributed by atoms with Gasteiger partial charge in [-0.2, -0.15) is 5.26 Å². The van der Waals surface area contributed by atoms with Crippen LogP contribution in [0.4, 0.5) is 11.4 Å². The number of nitrogens with zero attached hydrogens (tertiary/aromatic N) is 1. The third-order valence-corrected chi connectivity index (χ3v) is 3.24. The molecule has 0 heterocycles. The zero-order chi connectivity index (χ0) is 16.9. The van der Waals surface area contributed by atoms with Gasteiger partial charge in [0.15, 0.2) is 0 Å². The van der Waals surface area contributed by atoms with E-state index in [0.29, 0.717) is 39.9 Å². The molecule has 0 aliphatic rings. The number of nitrogens with two attached hydrogens (primary N) is 2. The molecule has 5 nitrogen and oxygen atoms in total. The first kappa shape index (κ1) is 15.3. The first-order valence-electron chi connectivity index (χ1n) is 7.24. The smallest absolute Gasteiger partial charge is 0.132 e. The number of nitriles is 1. The molecule has 0 amide bonds. The fourth-order valence-electron chi connectivity index (χ4n) is 2.10. The molecule has 118 valence electrons. The minimum atomic E-state index is 0.438. The van der Waals surface area contributed by atoms with Crippen LogP contribution in [0.25, 0.3) is 0 Å². The maximum atomic E-state index is 9.20. The van der Waals surface area contributed by atoms with Crippen LogP contribution < -0.4 is 20.9 Å². The summed E-state index contributed by atoms with van der Waals surface area (Å²) in [6, 6.07) is 21.1. The van der Waals surface area contributed by atoms with Gasteiger partial charge in [0.05, 0.1) is 11.6 Å². The second-order valence-electron chi connectivity index (χ2n) is 5.15. The fraction of sp³-hybridized carbons (Fsp3) is 0. The molecule has 0 saturated heterocycles. The Hall–Kier alpha value is -3.65. The Morgan fingerprint density at radius 2 is 1.04 bits per heavy atom. The second kappa shape index (κ2) is 6.63. The first-order valence-corrected chi connectivity index (χ1v) is 7.24. The van der Waals surface area contributed by atoms with Crippen LogP contribution in [-0.4, -0.2) is 0 Å². The number of nitrogen functional groups attached to an aromatic ring is 2. The van der Waals surface area contributed by atoms with Crippen LogP contribution in [0.2, 0.25) is 0 Å². The van der Waals surface area contributed by atoms with Crippen molar-refractivity contribution in [1.29, 1.82) is 5.26 Å². The Morgan fingerprint density at radius 3 is 1.42 bits per heavy atom. The van der Waals surface area contributed by atoms with Gasteiger partial charge in [0.25, 0.3) is 0 Å². The Morgan fingerprint density at radius 1 is 0.625 bits per heavy atom. The Kier molecular flexibility index (Phi) is 4.21. The highest BCUT2D eigenvalue weighted by molar-refractivity contribution is 5.49. The highest BCUT2D eigenvalue weighted by Crippen LogP contribution is 2.30. The van der Waals surface area contributed by atoms with Crippen LogP contribution in [0.15, 0.2) is 66.7 Å². The van der Waals surface area contributed by atoms with E-state index in [0.717, 1.165) is 0 Å². The molecule has 0 aromatic heterocycles. The zero-order valence-corrected chi connectivity index (χ0v) is 12.8. The van der Waals surface area contributed by atoms with E-state index in [-0.39, 0.29) is 0 Å². The molecule has 0 bridgehead atoms. The van der Waals surface area contributed by atoms with E-state index in [9.17, 15) is 5.26 Å². The molecule has 4 N–H and O–H groups in total. The Bertz CT molecular complexity index is 816. The lowest BCUT2D eigenvalue weighted by molar-refractivity contribution is 0.460. The van der Waals surface area contributed by atoms with Crippen LogP contribution in [0, 0.1) is 11.3 Å². The summed E-state index contributed by atoms with van der Waals surface area (Å²) in [6.45, 7) is 0. The zero-order valence-electron chi connectivity index (χ0n) is 12.8. The van der Waals surface area contributed by atoms with Crippen molar-refractivity contribution in [3.8, 4) is 29.1 Å². The van der Waals surface area contributed by atoms with Crippen LogP contribution in [0.5, 0.6) is 23.0 Å². The quantitative estimate of drug-likeness (QED) is 0.699. The van der Waals surface area contributed by atoms with Gasteiger partial charge in [0.2, 0.25) is 0 Å². The molecule has 0 saturated carbocycles. The van der Waals surface area contributed by atoms with Crippen molar-refractivity contribution in [3.63, 3.8) is 0 Å². The van der Waals surface area contributed by atoms with Gasteiger partial charge in [0.1, 0.15) is 23.0 Å². The summed E-state index contributed by atoms with van der Waals surface area (Å²) < 4.78 is 11.5. The van der Waals surface area contributed by atoms with E-state index in [1.54, 1.807) is 66.7 Å². The lowest BCUT2D eigenvalue weighted by atomic mass is 10.2. The summed E-state index contributed by atoms with van der Waals surface area (Å²) in [7, 11) is 0. The van der Waals surface area contributed by atoms with E-state index >= 15 is 0 Å². The summed E-state index contributed by atoms with van der Waals surface area (Å²) in [5, 5.41) is 9.20. The highest BCUT2D eigenvalue weighted by Gasteiger charge is 2.06. The average Bonchev–Trinajstić information content (AvgIpc) is 2.59. The lowest BCUT2D eigenvalue weighted by Crippen LogP contribution is -1.91. The topological polar surface area (TPSA) is 94.3 Å². The predicted molar refractivity (Wildman–Crippen MR) is 93.0 cm³/mol. The number of hydrogen-bond donors (Lipinski definition) is 2. The monoisotopic (exact) mass is 317 g/mol. The number of hydrogen-bond acceptors (Lipinski definition) is 5. The molecule has 0 aliphatic carbocycles. The highest BCUT2D eigenvalue weighted by atomic mass is 16.5. The minimum Gasteiger partial charge on any atom is -0.457 e. The molecule has 24 heavy (non-hydrogen) atoms. The van der Waals surface area contributed by atoms with Crippen molar-refractivity contribution in [1.82, 2.24) is 0 Å². The van der Waals surface area contributed by atoms with E-state index in [4.69, 9.17) is 20.9 Å². The minimum absolute atomic E-state index is 0.438. The molecule has 0 radical (unpaired) electrons. The third kappa shape index (κ3) is 3.76. The molecule has 3 aromatic rings. The summed E-state index contributed by atoms with van der Waals surface area (Å²) in [6.07, 6.45) is 0. The van der Waals surface area contributed by atoms with Gasteiger partial charge < -0.3 is 20.9 Å². The third-order valence-electron chi connectivity index (χ3n) is 3.24. The van der Waals surface area contributed by atoms with E-state index in [2.05, 4.69) is 6.07 Å². The number of ether oxygens (including phenoxy) is 2. The van der Waals surface area contributed by atoms with Crippen molar-refractivity contribution in [2.24, 2.45) is 0 Å². The molecule has 3 aromatic carbocycles. The number of rotatable bonds is 4. The van der Waals surface area contributed by atoms with Crippen molar-refractivity contribution < 1.29 is 9.47 Å². The van der Waals surface area contributed by atoms with Crippen molar-refractivity contribution >= 4 is 11.4 Å². The maximum absolute atomic E-state index is 9.20. The molecular formula is C19H15N3O2. The molecule has 0 spiro atoms. The molecule has 0 aliphatic heterocycles. The molecule has 5 heteroatoms. The van der Waals surface area contributed by atoms with Crippen LogP contribution in [0.1, 0.15) is 5.56 Å². The van der Waals surface area contributed by atoms with Gasteiger partial charge >= 0.3 is 0 Å². The predicted octanol–water partition coefficient (Wildman–Crippen LogP) is 4.31. The van der Waals surface area contributed by atoms with Crippen molar-refractivity contribution in [2.75, 3.05) is 11.5 Å². The maximum Gasteiger partial charge on any atom is 0.132 e. The van der Waals surface area contributed by atoms with Crippen molar-refractivity contribution in [3.05, 3.63) is 72.3 Å². The molecule has 0 fully saturated rings. The summed E-state index contributed by atoms with van der Waals surface area (Å²) in [4.78, 5) is 0. The van der Waals surface area contributed by atoms with E-state index in [1.807, 2.05) is 0 Å². The van der Waals surface area contributed by atoms with Crippen molar-refractivity contribution in [2.45, 2.75) is 0 Å². The van der Waals surface area contributed by atoms with Gasteiger partial charge in [-0.05, 0) is 60.7 Å². The first-order chi connectivity index (χ1) is 11.6. The molecular weight excluding hydrogens is 302 g/mol. The normalized spacial score (nSPS) is 9.96. The van der Waals surface area contributed by atoms with Gasteiger partial charge in [-0.1, -0.05) is 0 Å². The Labute approximate surface area is 139 Å². The van der Waals surface area contributed by atoms with E-state index < -0.39 is 0 Å². The standard InChI is InChI=1S/C19H15N3O2/c20-12-13-9-18(23-16-5-1-14(21)2-6-16)11-19(10-13)24-17-7-3-15(22)4-8-17/h1-11H,21-22H2. The number of anilines is 2. The summed E-state index contributed by atoms with van der Waals surface area (Å²) in [5.74, 6) is 2.25. The fourth-order valence-corrected chi connectivity index (χ4v) is 2.10. The SMILES string of the molecule is N#Cc1cc(Oc2ccc(N)cc2)cc(Oc2ccc(N)cc2)c1. The van der Waals surface area contributed by atoms with Gasteiger partial charge in [-0.15, -0.1) is 0 Å². The molecule has 0 unspecified atom stereocenters. The molecule has 0 atom stereocenters. The number of benzene rings is 3. The van der Waals surface area contributed by atoms with Crippen LogP contribution in [-0.2, 0) is 0 Å². The molecule has 3 rings (SSSR count). The average molecular weight is 317 g/mol. The lowest BCUT2D eigenvalue weighted by Gasteiger charge is -2.10. The summed E-state index contributed by atoms with van der Waals surface area (Å²) in [5.41, 5.74) is 13.1. The van der Waals surface area contributed by atoms with E-state index in [1.165, 1.54) is 0 Å². The van der Waals surface area contributed by atoms with Gasteiger partial charge in [-0.3, -0.25) is 0 Å². The van der Waals surface area contributed by atoms with Gasteiger partial charge in [-0.25, -0.2) is 0 Å². The second-order valence-corrected chi connectivity index (χ2v) is 5.15.